The van der Waals surface area contributed by atoms with Gasteiger partial charge in [0.25, 0.3) is 6.43 Å². The Labute approximate surface area is 71.4 Å². The van der Waals surface area contributed by atoms with Gasteiger partial charge >= 0.3 is 0 Å². The zero-order chi connectivity index (χ0) is 6.78. The normalized spacial score (nSPS) is 12.8. The van der Waals surface area contributed by atoms with Crippen LogP contribution in [0.4, 0.5) is 8.78 Å². The highest BCUT2D eigenvalue weighted by Crippen LogP contribution is 2.34. The highest BCUT2D eigenvalue weighted by atomic mass is 79.9. The van der Waals surface area contributed by atoms with Crippen molar-refractivity contribution in [1.29, 1.82) is 0 Å². The third-order valence-corrected chi connectivity index (χ3v) is 4.14. The summed E-state index contributed by atoms with van der Waals surface area (Å²) in [4.78, 5) is 0. The summed E-state index contributed by atoms with van der Waals surface area (Å²) in [6.07, 6.45) is -2.40. The maximum absolute atomic E-state index is 11.7. The molecule has 0 aromatic rings. The molecule has 0 saturated carbocycles. The van der Waals surface area contributed by atoms with Crippen LogP contribution in [0.3, 0.4) is 0 Å². The molecule has 0 aliphatic carbocycles. The van der Waals surface area contributed by atoms with Crippen LogP contribution >= 0.6 is 47.8 Å². The Balaban J connectivity index is 3.71. The molecule has 0 aromatic carbocycles. The first-order valence-corrected chi connectivity index (χ1v) is 4.43. The lowest BCUT2D eigenvalue weighted by Gasteiger charge is -2.14. The lowest BCUT2D eigenvalue weighted by Crippen LogP contribution is -2.23. The molecule has 50 valence electrons. The van der Waals surface area contributed by atoms with Crippen LogP contribution in [0, 0.1) is 0 Å². The number of halogens is 5. The summed E-state index contributed by atoms with van der Waals surface area (Å²) in [5.41, 5.74) is 0. The second kappa shape index (κ2) is 3.46. The smallest absolute Gasteiger partial charge is 0.208 e. The maximum atomic E-state index is 11.7. The number of hydrogen-bond donors (Lipinski definition) is 0. The first-order chi connectivity index (χ1) is 3.50. The van der Waals surface area contributed by atoms with Gasteiger partial charge in [-0.1, -0.05) is 47.8 Å². The van der Waals surface area contributed by atoms with E-state index in [9.17, 15) is 8.78 Å². The minimum Gasteiger partial charge on any atom is -0.208 e. The van der Waals surface area contributed by atoms with Crippen LogP contribution in [-0.2, 0) is 0 Å². The zero-order valence-electron chi connectivity index (χ0n) is 3.67. The molecule has 0 aromatic heterocycles. The predicted molar refractivity (Wildman–Crippen MR) is 40.4 cm³/mol. The SMILES string of the molecule is FC(F)C(Br)(Br)CBr. The minimum absolute atomic E-state index is 0.178. The standard InChI is InChI=1S/C3H3Br3F2/c4-1-3(5,6)2(7)8/h2H,1H2. The van der Waals surface area contributed by atoms with Crippen molar-refractivity contribution < 1.29 is 8.78 Å². The van der Waals surface area contributed by atoms with E-state index in [0.29, 0.717) is 0 Å². The van der Waals surface area contributed by atoms with Crippen molar-refractivity contribution in [2.24, 2.45) is 0 Å². The monoisotopic (exact) mass is 314 g/mol. The van der Waals surface area contributed by atoms with Crippen LogP contribution in [-0.4, -0.2) is 15.0 Å². The van der Waals surface area contributed by atoms with Crippen LogP contribution in [0.5, 0.6) is 0 Å². The Morgan fingerprint density at radius 2 is 1.75 bits per heavy atom. The molecule has 0 nitrogen and oxygen atoms in total. The molecule has 0 unspecified atom stereocenters. The summed E-state index contributed by atoms with van der Waals surface area (Å²) in [5.74, 6) is 0. The molecule has 0 fully saturated rings. The van der Waals surface area contributed by atoms with E-state index in [2.05, 4.69) is 47.8 Å². The van der Waals surface area contributed by atoms with Gasteiger partial charge in [-0.2, -0.15) is 0 Å². The molecule has 0 amide bonds. The molecule has 0 bridgehead atoms. The van der Waals surface area contributed by atoms with Crippen molar-refractivity contribution >= 4 is 47.8 Å². The molecule has 8 heavy (non-hydrogen) atoms. The quantitative estimate of drug-likeness (QED) is 0.687. The van der Waals surface area contributed by atoms with Crippen LogP contribution in [0.15, 0.2) is 0 Å². The lowest BCUT2D eigenvalue weighted by atomic mass is 10.5. The summed E-state index contributed by atoms with van der Waals surface area (Å²) >= 11 is 8.43. The Morgan fingerprint density at radius 3 is 1.75 bits per heavy atom. The molecule has 0 spiro atoms. The first-order valence-electron chi connectivity index (χ1n) is 1.72. The Kier molecular flexibility index (Phi) is 4.03. The number of rotatable bonds is 2. The maximum Gasteiger partial charge on any atom is 0.264 e. The molecule has 0 rings (SSSR count). The number of alkyl halides is 5. The molecule has 0 atom stereocenters. The average Bonchev–Trinajstić information content (AvgIpc) is 1.67. The molecule has 0 saturated heterocycles. The van der Waals surface area contributed by atoms with Gasteiger partial charge in [0.05, 0.1) is 0 Å². The predicted octanol–water partition coefficient (Wildman–Crippen LogP) is 3.13. The Hall–Kier alpha value is 1.30. The molecule has 0 aliphatic rings. The molecule has 0 radical (unpaired) electrons. The second-order valence-electron chi connectivity index (χ2n) is 1.20. The molecular formula is C3H3Br3F2. The van der Waals surface area contributed by atoms with Gasteiger partial charge in [-0.05, 0) is 0 Å². The van der Waals surface area contributed by atoms with E-state index >= 15 is 0 Å². The van der Waals surface area contributed by atoms with E-state index in [1.807, 2.05) is 0 Å². The molecule has 0 aliphatic heterocycles. The van der Waals surface area contributed by atoms with Crippen LogP contribution in [0.2, 0.25) is 0 Å². The minimum atomic E-state index is -2.40. The Bertz CT molecular complexity index is 72.9. The highest BCUT2D eigenvalue weighted by molar-refractivity contribution is 9.26. The third kappa shape index (κ3) is 2.73. The van der Waals surface area contributed by atoms with E-state index in [4.69, 9.17) is 0 Å². The van der Waals surface area contributed by atoms with Crippen LogP contribution in [0.25, 0.3) is 0 Å². The molecule has 5 heteroatoms. The van der Waals surface area contributed by atoms with E-state index in [0.717, 1.165) is 0 Å². The highest BCUT2D eigenvalue weighted by Gasteiger charge is 2.32. The number of hydrogen-bond acceptors (Lipinski definition) is 0. The lowest BCUT2D eigenvalue weighted by molar-refractivity contribution is 0.146. The summed E-state index contributed by atoms with van der Waals surface area (Å²) in [7, 11) is 0. The fraction of sp³-hybridized carbons (Fsp3) is 1.00. The Morgan fingerprint density at radius 1 is 1.38 bits per heavy atom. The van der Waals surface area contributed by atoms with Gasteiger partial charge in [-0.3, -0.25) is 0 Å². The van der Waals surface area contributed by atoms with Gasteiger partial charge in [0, 0.05) is 5.33 Å². The van der Waals surface area contributed by atoms with E-state index in [-0.39, 0.29) is 5.33 Å². The van der Waals surface area contributed by atoms with E-state index in [1.54, 1.807) is 0 Å². The van der Waals surface area contributed by atoms with Crippen molar-refractivity contribution in [1.82, 2.24) is 0 Å². The van der Waals surface area contributed by atoms with Crippen molar-refractivity contribution in [3.63, 3.8) is 0 Å². The van der Waals surface area contributed by atoms with Gasteiger partial charge in [0.1, 0.15) is 0 Å². The van der Waals surface area contributed by atoms with E-state index in [1.165, 1.54) is 0 Å². The van der Waals surface area contributed by atoms with Gasteiger partial charge in [0.15, 0.2) is 3.23 Å². The summed E-state index contributed by atoms with van der Waals surface area (Å²) in [6.45, 7) is 0. The summed E-state index contributed by atoms with van der Waals surface area (Å²) in [5, 5.41) is 0.178. The van der Waals surface area contributed by atoms with Crippen molar-refractivity contribution in [3.8, 4) is 0 Å². The van der Waals surface area contributed by atoms with E-state index < -0.39 is 9.66 Å². The summed E-state index contributed by atoms with van der Waals surface area (Å²) < 4.78 is 22.1. The first kappa shape index (κ1) is 9.30. The van der Waals surface area contributed by atoms with Crippen LogP contribution in [0.1, 0.15) is 0 Å². The van der Waals surface area contributed by atoms with Crippen LogP contribution < -0.4 is 0 Å². The fourth-order valence-electron chi connectivity index (χ4n) is 0.0583. The topological polar surface area (TPSA) is 0 Å². The summed E-state index contributed by atoms with van der Waals surface area (Å²) in [6, 6.07) is 0. The van der Waals surface area contributed by atoms with Crippen molar-refractivity contribution in [2.75, 3.05) is 5.33 Å². The average molecular weight is 317 g/mol. The van der Waals surface area contributed by atoms with Crippen molar-refractivity contribution in [2.45, 2.75) is 9.66 Å². The third-order valence-electron chi connectivity index (χ3n) is 0.497. The van der Waals surface area contributed by atoms with Gasteiger partial charge in [-0.25, -0.2) is 8.78 Å². The van der Waals surface area contributed by atoms with Gasteiger partial charge < -0.3 is 0 Å². The van der Waals surface area contributed by atoms with Crippen molar-refractivity contribution in [3.05, 3.63) is 0 Å². The molecule has 0 N–H and O–H groups in total. The van der Waals surface area contributed by atoms with Gasteiger partial charge in [-0.15, -0.1) is 0 Å². The molecular weight excluding hydrogens is 314 g/mol. The fourth-order valence-corrected chi connectivity index (χ4v) is 0.303. The molecule has 0 heterocycles. The van der Waals surface area contributed by atoms with Gasteiger partial charge in [0.2, 0.25) is 0 Å². The largest absolute Gasteiger partial charge is 0.264 e. The second-order valence-corrected chi connectivity index (χ2v) is 5.65. The zero-order valence-corrected chi connectivity index (χ0v) is 8.43.